The van der Waals surface area contributed by atoms with Crippen LogP contribution in [0.15, 0.2) is 65.8 Å². The Bertz CT molecular complexity index is 2330. The Morgan fingerprint density at radius 1 is 0.803 bits per heavy atom. The van der Waals surface area contributed by atoms with Gasteiger partial charge in [-0.2, -0.15) is 0 Å². The van der Waals surface area contributed by atoms with Crippen LogP contribution >= 0.6 is 0 Å². The van der Waals surface area contributed by atoms with Gasteiger partial charge in [0, 0.05) is 74.6 Å². The number of carbonyl (C=O) groups excluding carboxylic acids is 9. The molecular formula is C50H72N12O9. The van der Waals surface area contributed by atoms with Crippen LogP contribution in [-0.4, -0.2) is 114 Å². The van der Waals surface area contributed by atoms with Crippen LogP contribution in [-0.2, 0) is 56.0 Å². The highest BCUT2D eigenvalue weighted by molar-refractivity contribution is 5.98. The zero-order chi connectivity index (χ0) is 51.9. The fourth-order valence-electron chi connectivity index (χ4n) is 8.52. The second kappa shape index (κ2) is 29.1. The van der Waals surface area contributed by atoms with Crippen LogP contribution in [0.1, 0.15) is 102 Å². The Morgan fingerprint density at radius 3 is 2.21 bits per heavy atom. The van der Waals surface area contributed by atoms with Crippen LogP contribution in [0.5, 0.6) is 0 Å². The molecule has 21 nitrogen and oxygen atoms in total. The van der Waals surface area contributed by atoms with Gasteiger partial charge < -0.3 is 59.8 Å². The van der Waals surface area contributed by atoms with E-state index in [1.807, 2.05) is 31.2 Å². The summed E-state index contributed by atoms with van der Waals surface area (Å²) in [7, 11) is 0. The largest absolute Gasteiger partial charge is 0.370 e. The van der Waals surface area contributed by atoms with Crippen molar-refractivity contribution in [2.75, 3.05) is 19.6 Å². The molecule has 1 aromatic heterocycles. The van der Waals surface area contributed by atoms with E-state index in [1.54, 1.807) is 36.5 Å². The normalized spacial score (nSPS) is 20.7. The highest BCUT2D eigenvalue weighted by Gasteiger charge is 2.35. The summed E-state index contributed by atoms with van der Waals surface area (Å²) >= 11 is 0. The molecule has 0 aliphatic carbocycles. The number of aromatic nitrogens is 1. The van der Waals surface area contributed by atoms with Gasteiger partial charge in [0.2, 0.25) is 41.4 Å². The van der Waals surface area contributed by atoms with Gasteiger partial charge in [-0.1, -0.05) is 68.3 Å². The third-order valence-electron chi connectivity index (χ3n) is 12.5. The Morgan fingerprint density at radius 2 is 1.52 bits per heavy atom. The monoisotopic (exact) mass is 985 g/mol. The van der Waals surface area contributed by atoms with E-state index in [9.17, 15) is 43.2 Å². The van der Waals surface area contributed by atoms with Crippen molar-refractivity contribution in [3.63, 3.8) is 0 Å². The van der Waals surface area contributed by atoms with E-state index in [0.29, 0.717) is 24.0 Å². The van der Waals surface area contributed by atoms with E-state index < -0.39 is 101 Å². The summed E-state index contributed by atoms with van der Waals surface area (Å²) in [5, 5.41) is 17.1. The van der Waals surface area contributed by atoms with Crippen molar-refractivity contribution >= 4 is 69.8 Å². The smallest absolute Gasteiger partial charge is 0.243 e. The summed E-state index contributed by atoms with van der Waals surface area (Å²) < 4.78 is 0. The van der Waals surface area contributed by atoms with Gasteiger partial charge >= 0.3 is 0 Å². The molecule has 1 aliphatic heterocycles. The molecule has 386 valence electrons. The van der Waals surface area contributed by atoms with Crippen molar-refractivity contribution in [1.82, 2.24) is 36.9 Å². The third kappa shape index (κ3) is 18.9. The Kier molecular flexibility index (Phi) is 23.1. The summed E-state index contributed by atoms with van der Waals surface area (Å²) in [6.45, 7) is 3.33. The zero-order valence-electron chi connectivity index (χ0n) is 40.8. The van der Waals surface area contributed by atoms with Crippen molar-refractivity contribution in [3.8, 4) is 0 Å². The number of aliphatic imine (C=N–C) groups is 1. The lowest BCUT2D eigenvalue weighted by Crippen LogP contribution is -2.58. The number of Topliss-reactive ketones (excluding diaryl/α,β-unsaturated/α-hetero) is 2. The number of para-hydroxylation sites is 1. The Balaban J connectivity index is 1.74. The van der Waals surface area contributed by atoms with Gasteiger partial charge in [-0.05, 0) is 75.1 Å². The van der Waals surface area contributed by atoms with Gasteiger partial charge in [0.25, 0.3) is 0 Å². The zero-order valence-corrected chi connectivity index (χ0v) is 40.8. The number of aromatic amines is 1. The van der Waals surface area contributed by atoms with Gasteiger partial charge in [0.1, 0.15) is 30.0 Å². The first kappa shape index (κ1) is 56.4. The summed E-state index contributed by atoms with van der Waals surface area (Å²) in [6.07, 6.45) is 2.62. The SMILES string of the molecule is CCCC[C@H](NC(C)=O)C(=O)N[C@H]1CCC(=O)NCC[C@@H](C(=O)N[C@@H](Cc2c[nH]c3ccccc23)C(N)=O)CC(=O)[C@H](CCCN=C(N)N)CC(=O)[C@@H](Cc2ccccc2)NC(=O)[C@H](CCCN)NC1=O. The number of nitrogens with zero attached hydrogens (tertiary/aromatic N) is 1. The van der Waals surface area contributed by atoms with Crippen molar-refractivity contribution in [3.05, 3.63) is 71.9 Å². The quantitative estimate of drug-likeness (QED) is 0.0414. The maximum atomic E-state index is 14.6. The fraction of sp³-hybridized carbons (Fsp3) is 0.520. The Labute approximate surface area is 414 Å². The van der Waals surface area contributed by atoms with Gasteiger partial charge in [-0.25, -0.2) is 0 Å². The standard InChI is InChI=1S/C50H72N12O9/c1-3-4-16-37(58-30(2)63)47(69)60-39-19-20-44(66)55-24-21-33(46(68)62-41(45(52)67)26-34-29-57-36-17-9-8-15-35(34)36)28-42(64)32(14-11-23-56-50(53)54)27-43(65)40(25-31-12-6-5-7-13-31)61-48(70)38(18-10-22-51)59-49(39)71/h5-9,12-13,15,17,29,32-33,37-41,57H,3-4,10-11,14,16,18-28,51H2,1-2H3,(H2,52,67)(H,55,66)(H,58,63)(H,59,71)(H,60,69)(H,61,70)(H,62,68)(H4,53,54,56)/t32-,33-,37+,38+,39+,40-,41+/m1/s1. The van der Waals surface area contributed by atoms with Crippen molar-refractivity contribution in [1.29, 1.82) is 0 Å². The van der Waals surface area contributed by atoms with Crippen molar-refractivity contribution < 1.29 is 43.2 Å². The lowest BCUT2D eigenvalue weighted by molar-refractivity contribution is -0.135. The van der Waals surface area contributed by atoms with Crippen LogP contribution < -0.4 is 54.8 Å². The van der Waals surface area contributed by atoms with E-state index in [0.717, 1.165) is 10.9 Å². The second-order valence-corrected chi connectivity index (χ2v) is 18.1. The molecule has 71 heavy (non-hydrogen) atoms. The van der Waals surface area contributed by atoms with E-state index in [-0.39, 0.29) is 96.2 Å². The van der Waals surface area contributed by atoms with Crippen LogP contribution in [0.25, 0.3) is 10.9 Å². The fourth-order valence-corrected chi connectivity index (χ4v) is 8.52. The Hall–Kier alpha value is -7.16. The van der Waals surface area contributed by atoms with Crippen molar-refractivity contribution in [2.45, 2.75) is 134 Å². The number of nitrogens with two attached hydrogens (primary N) is 4. The second-order valence-electron chi connectivity index (χ2n) is 18.1. The molecule has 7 amide bonds. The number of primary amides is 1. The molecule has 2 heterocycles. The molecule has 1 aliphatic rings. The maximum Gasteiger partial charge on any atom is 0.243 e. The average molecular weight is 985 g/mol. The van der Waals surface area contributed by atoms with Crippen LogP contribution in [0, 0.1) is 11.8 Å². The number of unbranched alkanes of at least 4 members (excludes halogenated alkanes) is 1. The van der Waals surface area contributed by atoms with Crippen LogP contribution in [0.2, 0.25) is 0 Å². The third-order valence-corrected chi connectivity index (χ3v) is 12.5. The summed E-state index contributed by atoms with van der Waals surface area (Å²) in [5.74, 6) is -8.02. The molecule has 0 unspecified atom stereocenters. The maximum absolute atomic E-state index is 14.6. The summed E-state index contributed by atoms with van der Waals surface area (Å²) in [6, 6.07) is 10.3. The number of guanidine groups is 1. The molecule has 0 radical (unpaired) electrons. The topological polar surface area (TPSA) is 358 Å². The lowest BCUT2D eigenvalue weighted by Gasteiger charge is -2.27. The number of nitrogens with one attached hydrogen (secondary N) is 7. The first-order valence-corrected chi connectivity index (χ1v) is 24.4. The molecule has 4 rings (SSSR count). The number of rotatable bonds is 20. The molecule has 2 aromatic carbocycles. The van der Waals surface area contributed by atoms with Gasteiger partial charge in [0.05, 0.1) is 6.04 Å². The number of H-pyrrole nitrogens is 1. The molecule has 0 spiro atoms. The number of amides is 7. The van der Waals surface area contributed by atoms with Crippen LogP contribution in [0.4, 0.5) is 0 Å². The number of benzene rings is 2. The van der Waals surface area contributed by atoms with Crippen LogP contribution in [0.3, 0.4) is 0 Å². The number of hydrogen-bond acceptors (Lipinski definition) is 11. The molecule has 7 atom stereocenters. The minimum atomic E-state index is -1.37. The average Bonchev–Trinajstić information content (AvgIpc) is 3.74. The predicted octanol–water partition coefficient (Wildman–Crippen LogP) is 0.316. The first-order valence-electron chi connectivity index (χ1n) is 24.4. The molecular weight excluding hydrogens is 913 g/mol. The van der Waals surface area contributed by atoms with Crippen molar-refractivity contribution in [2.24, 2.45) is 39.8 Å². The minimum absolute atomic E-state index is 0.0165. The van der Waals surface area contributed by atoms with Gasteiger partial charge in [-0.15, -0.1) is 0 Å². The number of hydrogen-bond donors (Lipinski definition) is 11. The van der Waals surface area contributed by atoms with Gasteiger partial charge in [-0.3, -0.25) is 48.1 Å². The number of carbonyl (C=O) groups is 9. The van der Waals surface area contributed by atoms with E-state index in [1.165, 1.54) is 6.92 Å². The first-order chi connectivity index (χ1) is 34.0. The molecule has 0 bridgehead atoms. The number of fused-ring (bicyclic) bond motifs is 1. The molecule has 0 saturated carbocycles. The summed E-state index contributed by atoms with van der Waals surface area (Å²) in [4.78, 5) is 131. The molecule has 3 aromatic rings. The van der Waals surface area contributed by atoms with E-state index >= 15 is 0 Å². The molecule has 15 N–H and O–H groups in total. The van der Waals surface area contributed by atoms with E-state index in [2.05, 4.69) is 41.9 Å². The molecule has 1 saturated heterocycles. The highest BCUT2D eigenvalue weighted by Crippen LogP contribution is 2.24. The predicted molar refractivity (Wildman–Crippen MR) is 267 cm³/mol. The minimum Gasteiger partial charge on any atom is -0.370 e. The molecule has 1 fully saturated rings. The van der Waals surface area contributed by atoms with E-state index in [4.69, 9.17) is 22.9 Å². The van der Waals surface area contributed by atoms with Gasteiger partial charge in [0.15, 0.2) is 11.7 Å². The number of ketones is 2. The highest BCUT2D eigenvalue weighted by atomic mass is 16.2. The lowest BCUT2D eigenvalue weighted by atomic mass is 9.84. The molecule has 21 heteroatoms. The summed E-state index contributed by atoms with van der Waals surface area (Å²) in [5.41, 5.74) is 25.0.